The van der Waals surface area contributed by atoms with Crippen molar-refractivity contribution < 1.29 is 14.3 Å². The van der Waals surface area contributed by atoms with Crippen molar-refractivity contribution >= 4 is 28.3 Å². The number of hydrogen-bond acceptors (Lipinski definition) is 6. The molecule has 1 N–H and O–H groups in total. The van der Waals surface area contributed by atoms with Crippen LogP contribution in [0.1, 0.15) is 31.9 Å². The van der Waals surface area contributed by atoms with E-state index >= 15 is 0 Å². The van der Waals surface area contributed by atoms with E-state index in [1.807, 2.05) is 6.07 Å². The highest BCUT2D eigenvalue weighted by atomic mass is 32.1. The third-order valence-corrected chi connectivity index (χ3v) is 5.24. The van der Waals surface area contributed by atoms with Gasteiger partial charge in [0.05, 0.1) is 30.9 Å². The summed E-state index contributed by atoms with van der Waals surface area (Å²) in [5.74, 6) is -0.352. The van der Waals surface area contributed by atoms with Crippen LogP contribution in [-0.4, -0.2) is 30.6 Å². The van der Waals surface area contributed by atoms with E-state index in [1.165, 1.54) is 18.4 Å². The Bertz CT molecular complexity index is 951. The Morgan fingerprint density at radius 1 is 1.23 bits per heavy atom. The summed E-state index contributed by atoms with van der Waals surface area (Å²) in [7, 11) is 1.33. The maximum atomic E-state index is 12.4. The van der Waals surface area contributed by atoms with Crippen molar-refractivity contribution in [2.45, 2.75) is 13.0 Å². The zero-order valence-corrected chi connectivity index (χ0v) is 14.7. The lowest BCUT2D eigenvalue weighted by Crippen LogP contribution is -2.35. The highest BCUT2D eigenvalue weighted by molar-refractivity contribution is 7.16. The lowest BCUT2D eigenvalue weighted by Gasteiger charge is -2.25. The molecule has 0 saturated carbocycles. The average Bonchev–Trinajstić information content (AvgIpc) is 3.03. The number of rotatable bonds is 2. The van der Waals surface area contributed by atoms with Crippen LogP contribution in [-0.2, 0) is 17.7 Å². The van der Waals surface area contributed by atoms with Crippen LogP contribution in [0.2, 0.25) is 0 Å². The van der Waals surface area contributed by atoms with Crippen LogP contribution in [0.4, 0.5) is 9.80 Å². The second-order valence-corrected chi connectivity index (χ2v) is 6.71. The van der Waals surface area contributed by atoms with E-state index in [2.05, 4.69) is 11.4 Å². The van der Waals surface area contributed by atoms with Crippen molar-refractivity contribution in [3.63, 3.8) is 0 Å². The maximum absolute atomic E-state index is 12.4. The van der Waals surface area contributed by atoms with Gasteiger partial charge in [0.25, 0.3) is 5.91 Å². The van der Waals surface area contributed by atoms with Crippen LogP contribution in [0.5, 0.6) is 0 Å². The summed E-state index contributed by atoms with van der Waals surface area (Å²) in [6, 6.07) is 10.4. The van der Waals surface area contributed by atoms with Crippen LogP contribution in [0.3, 0.4) is 0 Å². The summed E-state index contributed by atoms with van der Waals surface area (Å²) in [6.07, 6.45) is 0.127. The van der Waals surface area contributed by atoms with Gasteiger partial charge in [0, 0.05) is 17.0 Å². The number of anilines is 1. The Labute approximate surface area is 154 Å². The predicted molar refractivity (Wildman–Crippen MR) is 94.7 cm³/mol. The van der Waals surface area contributed by atoms with Crippen molar-refractivity contribution in [3.05, 3.63) is 51.4 Å². The molecule has 2 heterocycles. The van der Waals surface area contributed by atoms with Gasteiger partial charge in [0.1, 0.15) is 11.1 Å². The highest BCUT2D eigenvalue weighted by Crippen LogP contribution is 2.37. The summed E-state index contributed by atoms with van der Waals surface area (Å²) in [4.78, 5) is 26.6. The fourth-order valence-corrected chi connectivity index (χ4v) is 3.97. The lowest BCUT2D eigenvalue weighted by atomic mass is 10.0. The SMILES string of the molecule is COC(=O)N1CCc2c(sc(NC(=O)c3ccc(C#N)cc3)c2C#N)C1. The molecule has 0 saturated heterocycles. The molecule has 0 radical (unpaired) electrons. The highest BCUT2D eigenvalue weighted by Gasteiger charge is 2.28. The summed E-state index contributed by atoms with van der Waals surface area (Å²) in [5.41, 5.74) is 2.17. The number of fused-ring (bicyclic) bond motifs is 1. The molecule has 2 aromatic rings. The normalized spacial score (nSPS) is 12.5. The second kappa shape index (κ2) is 7.26. The summed E-state index contributed by atoms with van der Waals surface area (Å²) in [5, 5.41) is 21.6. The topological polar surface area (TPSA) is 106 Å². The van der Waals surface area contributed by atoms with Crippen LogP contribution in [0, 0.1) is 22.7 Å². The van der Waals surface area contributed by atoms with E-state index in [9.17, 15) is 14.9 Å². The van der Waals surface area contributed by atoms with Crippen LogP contribution < -0.4 is 5.32 Å². The fourth-order valence-electron chi connectivity index (χ4n) is 2.77. The third kappa shape index (κ3) is 3.23. The lowest BCUT2D eigenvalue weighted by molar-refractivity contribution is 0.102. The molecule has 26 heavy (non-hydrogen) atoms. The number of nitriles is 2. The Morgan fingerprint density at radius 2 is 1.96 bits per heavy atom. The second-order valence-electron chi connectivity index (χ2n) is 5.60. The Balaban J connectivity index is 1.84. The summed E-state index contributed by atoms with van der Waals surface area (Å²) >= 11 is 1.29. The minimum Gasteiger partial charge on any atom is -0.453 e. The fraction of sp³-hybridized carbons (Fsp3) is 0.222. The van der Waals surface area contributed by atoms with Gasteiger partial charge in [-0.25, -0.2) is 4.79 Å². The van der Waals surface area contributed by atoms with Crippen LogP contribution in [0.25, 0.3) is 0 Å². The van der Waals surface area contributed by atoms with Crippen molar-refractivity contribution in [1.82, 2.24) is 4.90 Å². The van der Waals surface area contributed by atoms with E-state index in [4.69, 9.17) is 10.00 Å². The molecule has 0 bridgehead atoms. The van der Waals surface area contributed by atoms with Gasteiger partial charge in [0.15, 0.2) is 0 Å². The first-order valence-corrected chi connectivity index (χ1v) is 8.58. The minimum absolute atomic E-state index is 0.352. The van der Waals surface area contributed by atoms with E-state index in [1.54, 1.807) is 29.2 Å². The Hall–Kier alpha value is -3.36. The minimum atomic E-state index is -0.411. The summed E-state index contributed by atoms with van der Waals surface area (Å²) in [6.45, 7) is 0.822. The molecule has 1 aliphatic heterocycles. The molecule has 1 aliphatic rings. The van der Waals surface area contributed by atoms with Crippen LogP contribution >= 0.6 is 11.3 Å². The molecule has 0 aliphatic carbocycles. The zero-order chi connectivity index (χ0) is 18.7. The maximum Gasteiger partial charge on any atom is 0.409 e. The predicted octanol–water partition coefficient (Wildman–Crippen LogP) is 2.87. The first-order valence-electron chi connectivity index (χ1n) is 7.76. The molecule has 0 atom stereocenters. The molecule has 3 rings (SSSR count). The van der Waals surface area contributed by atoms with Crippen molar-refractivity contribution in [2.75, 3.05) is 19.0 Å². The molecule has 1 aromatic heterocycles. The standard InChI is InChI=1S/C18H14N4O3S/c1-25-18(24)22-7-6-13-14(9-20)17(26-15(13)10-22)21-16(23)12-4-2-11(8-19)3-5-12/h2-5H,6-7,10H2,1H3,(H,21,23). The van der Waals surface area contributed by atoms with Gasteiger partial charge in [-0.2, -0.15) is 10.5 Å². The van der Waals surface area contributed by atoms with Gasteiger partial charge >= 0.3 is 6.09 Å². The number of benzene rings is 1. The number of nitrogens with zero attached hydrogens (tertiary/aromatic N) is 3. The number of ether oxygens (including phenoxy) is 1. The van der Waals surface area contributed by atoms with Crippen molar-refractivity contribution in [1.29, 1.82) is 10.5 Å². The number of nitrogens with one attached hydrogen (secondary N) is 1. The smallest absolute Gasteiger partial charge is 0.409 e. The van der Waals surface area contributed by atoms with E-state index < -0.39 is 6.09 Å². The number of carbonyl (C=O) groups is 2. The molecule has 1 aromatic carbocycles. The number of methoxy groups -OCH3 is 1. The van der Waals surface area contributed by atoms with Gasteiger partial charge in [-0.1, -0.05) is 0 Å². The largest absolute Gasteiger partial charge is 0.453 e. The van der Waals surface area contributed by atoms with Gasteiger partial charge in [-0.3, -0.25) is 4.79 Å². The zero-order valence-electron chi connectivity index (χ0n) is 13.9. The van der Waals surface area contributed by atoms with Gasteiger partial charge in [-0.05, 0) is 36.2 Å². The first-order chi connectivity index (χ1) is 12.6. The van der Waals surface area contributed by atoms with E-state index in [-0.39, 0.29) is 5.91 Å². The van der Waals surface area contributed by atoms with E-state index in [0.29, 0.717) is 41.2 Å². The molecule has 0 unspecified atom stereocenters. The molecular weight excluding hydrogens is 352 g/mol. The van der Waals surface area contributed by atoms with Gasteiger partial charge in [0.2, 0.25) is 0 Å². The molecular formula is C18H14N4O3S. The van der Waals surface area contributed by atoms with E-state index in [0.717, 1.165) is 10.4 Å². The van der Waals surface area contributed by atoms with Crippen molar-refractivity contribution in [2.24, 2.45) is 0 Å². The van der Waals surface area contributed by atoms with Crippen molar-refractivity contribution in [3.8, 4) is 12.1 Å². The number of carbonyl (C=O) groups excluding carboxylic acids is 2. The Morgan fingerprint density at radius 3 is 2.58 bits per heavy atom. The number of amides is 2. The van der Waals surface area contributed by atoms with Gasteiger partial charge < -0.3 is 15.0 Å². The Kier molecular flexibility index (Phi) is 4.87. The number of hydrogen-bond donors (Lipinski definition) is 1. The first kappa shape index (κ1) is 17.5. The third-order valence-electron chi connectivity index (χ3n) is 4.10. The quantitative estimate of drug-likeness (QED) is 0.879. The average molecular weight is 366 g/mol. The number of thiophene rings is 1. The molecule has 2 amide bonds. The summed E-state index contributed by atoms with van der Waals surface area (Å²) < 4.78 is 4.74. The molecule has 0 spiro atoms. The molecule has 130 valence electrons. The molecule has 7 nitrogen and oxygen atoms in total. The van der Waals surface area contributed by atoms with Gasteiger partial charge in [-0.15, -0.1) is 11.3 Å². The monoisotopic (exact) mass is 366 g/mol. The van der Waals surface area contributed by atoms with Crippen LogP contribution in [0.15, 0.2) is 24.3 Å². The molecule has 0 fully saturated rings. The molecule has 8 heteroatoms.